The number of para-hydroxylation sites is 2. The number of aromatic nitrogens is 3. The number of amides is 1. The number of rotatable bonds is 5. The van der Waals surface area contributed by atoms with Crippen LogP contribution >= 0.6 is 0 Å². The van der Waals surface area contributed by atoms with Crippen molar-refractivity contribution in [3.63, 3.8) is 0 Å². The van der Waals surface area contributed by atoms with E-state index in [-0.39, 0.29) is 11.7 Å². The average molecular weight is 452 g/mol. The summed E-state index contributed by atoms with van der Waals surface area (Å²) in [7, 11) is 0. The summed E-state index contributed by atoms with van der Waals surface area (Å²) in [6.45, 7) is 6.60. The maximum Gasteiger partial charge on any atom is 0.261 e. The smallest absolute Gasteiger partial charge is 0.261 e. The molecule has 3 aromatic carbocycles. The van der Waals surface area contributed by atoms with Crippen molar-refractivity contribution < 1.29 is 9.53 Å². The normalized spacial score (nSPS) is 11.1. The van der Waals surface area contributed by atoms with Crippen molar-refractivity contribution in [1.29, 1.82) is 0 Å². The number of hydrogen-bond acceptors (Lipinski definition) is 5. The molecule has 7 heteroatoms. The zero-order valence-corrected chi connectivity index (χ0v) is 19.3. The van der Waals surface area contributed by atoms with E-state index in [0.717, 1.165) is 22.5 Å². The van der Waals surface area contributed by atoms with Crippen LogP contribution in [0.25, 0.3) is 27.9 Å². The fourth-order valence-electron chi connectivity index (χ4n) is 4.01. The molecule has 0 radical (unpaired) electrons. The molecule has 0 bridgehead atoms. The molecule has 3 N–H and O–H groups in total. The number of hydrogen-bond donors (Lipinski definition) is 2. The van der Waals surface area contributed by atoms with Crippen LogP contribution in [0.2, 0.25) is 0 Å². The molecular formula is C27H25N5O2. The summed E-state index contributed by atoms with van der Waals surface area (Å²) in [5.41, 5.74) is 13.1. The molecule has 2 aromatic heterocycles. The summed E-state index contributed by atoms with van der Waals surface area (Å²) in [6, 6.07) is 20.8. The fourth-order valence-corrected chi connectivity index (χ4v) is 4.01. The zero-order valence-electron chi connectivity index (χ0n) is 19.3. The van der Waals surface area contributed by atoms with Gasteiger partial charge in [-0.25, -0.2) is 9.97 Å². The summed E-state index contributed by atoms with van der Waals surface area (Å²) in [4.78, 5) is 23.1. The molecule has 0 spiro atoms. The van der Waals surface area contributed by atoms with Gasteiger partial charge in [0.25, 0.3) is 5.91 Å². The Bertz CT molecular complexity index is 1540. The molecule has 2 heterocycles. The van der Waals surface area contributed by atoms with Crippen molar-refractivity contribution in [1.82, 2.24) is 14.5 Å². The van der Waals surface area contributed by atoms with Crippen LogP contribution in [0.15, 0.2) is 66.7 Å². The molecule has 34 heavy (non-hydrogen) atoms. The largest absolute Gasteiger partial charge is 0.494 e. The van der Waals surface area contributed by atoms with E-state index in [9.17, 15) is 4.79 Å². The Balaban J connectivity index is 1.67. The Morgan fingerprint density at radius 3 is 2.35 bits per heavy atom. The highest BCUT2D eigenvalue weighted by Crippen LogP contribution is 2.32. The third-order valence-corrected chi connectivity index (χ3v) is 5.90. The van der Waals surface area contributed by atoms with Crippen LogP contribution in [0.1, 0.15) is 28.4 Å². The van der Waals surface area contributed by atoms with E-state index in [1.807, 2.05) is 68.4 Å². The minimum Gasteiger partial charge on any atom is -0.494 e. The number of nitrogens with two attached hydrogens (primary N) is 1. The number of aryl methyl sites for hydroxylation is 2. The first-order valence-corrected chi connectivity index (χ1v) is 11.1. The maximum absolute atomic E-state index is 13.5. The van der Waals surface area contributed by atoms with Gasteiger partial charge in [-0.05, 0) is 80.4 Å². The number of nitrogens with zero attached hydrogens (tertiary/aromatic N) is 3. The topological polar surface area (TPSA) is 95.1 Å². The van der Waals surface area contributed by atoms with Gasteiger partial charge in [-0.2, -0.15) is 0 Å². The molecule has 0 aliphatic carbocycles. The molecule has 1 amide bonds. The van der Waals surface area contributed by atoms with E-state index >= 15 is 0 Å². The van der Waals surface area contributed by atoms with Crippen molar-refractivity contribution in [3.8, 4) is 11.4 Å². The third-order valence-electron chi connectivity index (χ3n) is 5.90. The van der Waals surface area contributed by atoms with Crippen LogP contribution in [-0.2, 0) is 0 Å². The highest BCUT2D eigenvalue weighted by Gasteiger charge is 2.25. The first-order chi connectivity index (χ1) is 16.5. The van der Waals surface area contributed by atoms with Crippen molar-refractivity contribution in [2.24, 2.45) is 0 Å². The molecule has 5 rings (SSSR count). The monoisotopic (exact) mass is 451 g/mol. The van der Waals surface area contributed by atoms with Gasteiger partial charge in [-0.1, -0.05) is 18.2 Å². The van der Waals surface area contributed by atoms with Gasteiger partial charge in [0.15, 0.2) is 5.65 Å². The molecule has 0 aliphatic rings. The van der Waals surface area contributed by atoms with E-state index in [1.165, 1.54) is 5.56 Å². The molecule has 0 fully saturated rings. The lowest BCUT2D eigenvalue weighted by atomic mass is 10.1. The molecule has 0 unspecified atom stereocenters. The summed E-state index contributed by atoms with van der Waals surface area (Å²) in [6.07, 6.45) is 0. The lowest BCUT2D eigenvalue weighted by molar-refractivity contribution is 0.102. The lowest BCUT2D eigenvalue weighted by Gasteiger charge is -2.10. The Kier molecular flexibility index (Phi) is 5.37. The Labute approximate surface area is 197 Å². The fraction of sp³-hybridized carbons (Fsp3) is 0.148. The van der Waals surface area contributed by atoms with Gasteiger partial charge >= 0.3 is 0 Å². The second kappa shape index (κ2) is 8.51. The van der Waals surface area contributed by atoms with Gasteiger partial charge in [0.05, 0.1) is 17.6 Å². The minimum absolute atomic E-state index is 0.289. The van der Waals surface area contributed by atoms with Crippen LogP contribution in [0.4, 0.5) is 11.5 Å². The average Bonchev–Trinajstić information content (AvgIpc) is 3.11. The number of carbonyl (C=O) groups is 1. The van der Waals surface area contributed by atoms with E-state index in [0.29, 0.717) is 34.5 Å². The van der Waals surface area contributed by atoms with Crippen molar-refractivity contribution >= 4 is 39.6 Å². The number of anilines is 2. The molecule has 170 valence electrons. The first kappa shape index (κ1) is 21.5. The van der Waals surface area contributed by atoms with Crippen LogP contribution < -0.4 is 15.8 Å². The van der Waals surface area contributed by atoms with Crippen LogP contribution in [0.5, 0.6) is 5.75 Å². The molecule has 0 aliphatic heterocycles. The van der Waals surface area contributed by atoms with Crippen molar-refractivity contribution in [2.45, 2.75) is 20.8 Å². The lowest BCUT2D eigenvalue weighted by Crippen LogP contribution is -2.14. The predicted octanol–water partition coefficient (Wildman–Crippen LogP) is 5.42. The Morgan fingerprint density at radius 2 is 1.68 bits per heavy atom. The molecule has 0 atom stereocenters. The van der Waals surface area contributed by atoms with E-state index in [2.05, 4.69) is 12.2 Å². The molecular weight excluding hydrogens is 426 g/mol. The first-order valence-electron chi connectivity index (χ1n) is 11.1. The molecule has 0 saturated heterocycles. The van der Waals surface area contributed by atoms with Crippen molar-refractivity contribution in [3.05, 3.63) is 83.4 Å². The minimum atomic E-state index is -0.348. The van der Waals surface area contributed by atoms with Gasteiger partial charge < -0.3 is 15.8 Å². The molecule has 5 aromatic rings. The molecule has 7 nitrogen and oxygen atoms in total. The number of carbonyl (C=O) groups excluding carboxylic acids is 1. The van der Waals surface area contributed by atoms with Crippen LogP contribution in [0, 0.1) is 13.8 Å². The van der Waals surface area contributed by atoms with Gasteiger partial charge in [0.1, 0.15) is 22.6 Å². The standard InChI is InChI=1S/C27H25N5O2/c1-4-34-20-13-10-18(11-14-20)29-27(33)23-24-26(31-22-8-6-5-7-21(22)30-24)32(25(23)28)19-12-9-16(2)17(3)15-19/h5-15H,4,28H2,1-3H3,(H,29,33). The van der Waals surface area contributed by atoms with Gasteiger partial charge in [0.2, 0.25) is 0 Å². The van der Waals surface area contributed by atoms with Gasteiger partial charge in [0, 0.05) is 11.4 Å². The van der Waals surface area contributed by atoms with Crippen molar-refractivity contribution in [2.75, 3.05) is 17.7 Å². The van der Waals surface area contributed by atoms with E-state index in [1.54, 1.807) is 16.7 Å². The molecule has 0 saturated carbocycles. The second-order valence-electron chi connectivity index (χ2n) is 8.16. The highest BCUT2D eigenvalue weighted by molar-refractivity contribution is 6.16. The Hall–Kier alpha value is -4.39. The summed E-state index contributed by atoms with van der Waals surface area (Å²) < 4.78 is 7.28. The SMILES string of the molecule is CCOc1ccc(NC(=O)c2c(N)n(-c3ccc(C)c(C)c3)c3nc4ccccc4nc23)cc1. The summed E-state index contributed by atoms with van der Waals surface area (Å²) >= 11 is 0. The maximum atomic E-state index is 13.5. The van der Waals surface area contributed by atoms with E-state index in [4.69, 9.17) is 20.4 Å². The number of fused-ring (bicyclic) bond motifs is 2. The number of benzene rings is 3. The number of nitrogens with one attached hydrogen (secondary N) is 1. The summed E-state index contributed by atoms with van der Waals surface area (Å²) in [5, 5.41) is 2.94. The van der Waals surface area contributed by atoms with Gasteiger partial charge in [-0.3, -0.25) is 9.36 Å². The number of nitrogen functional groups attached to an aromatic ring is 1. The van der Waals surface area contributed by atoms with Crippen LogP contribution in [0.3, 0.4) is 0 Å². The highest BCUT2D eigenvalue weighted by atomic mass is 16.5. The third kappa shape index (κ3) is 3.71. The predicted molar refractivity (Wildman–Crippen MR) is 136 cm³/mol. The van der Waals surface area contributed by atoms with Gasteiger partial charge in [-0.15, -0.1) is 0 Å². The Morgan fingerprint density at radius 1 is 0.971 bits per heavy atom. The number of ether oxygens (including phenoxy) is 1. The van der Waals surface area contributed by atoms with E-state index < -0.39 is 0 Å². The van der Waals surface area contributed by atoms with Crippen LogP contribution in [-0.4, -0.2) is 27.0 Å². The second-order valence-corrected chi connectivity index (χ2v) is 8.16. The summed E-state index contributed by atoms with van der Waals surface area (Å²) in [5.74, 6) is 0.680. The zero-order chi connectivity index (χ0) is 23.8. The quantitative estimate of drug-likeness (QED) is 0.372.